The summed E-state index contributed by atoms with van der Waals surface area (Å²) >= 11 is 0. The molecule has 0 fully saturated rings. The van der Waals surface area contributed by atoms with E-state index >= 15 is 0 Å². The molecule has 0 amide bonds. The highest BCUT2D eigenvalue weighted by Gasteiger charge is 2.33. The Hall–Kier alpha value is -5.10. The molecular formula is C32H24O6. The summed E-state index contributed by atoms with van der Waals surface area (Å²) in [6, 6.07) is 30.3. The molecule has 0 radical (unpaired) electrons. The molecule has 1 aliphatic rings. The first-order valence-corrected chi connectivity index (χ1v) is 12.0. The van der Waals surface area contributed by atoms with Crippen molar-refractivity contribution in [3.63, 3.8) is 0 Å². The third kappa shape index (κ3) is 5.34. The minimum absolute atomic E-state index is 0.162. The van der Waals surface area contributed by atoms with Crippen LogP contribution in [0.25, 0.3) is 5.57 Å². The van der Waals surface area contributed by atoms with Crippen molar-refractivity contribution in [3.05, 3.63) is 144 Å². The number of allylic oxidation sites excluding steroid dienone is 2. The molecule has 4 aromatic carbocycles. The maximum atomic E-state index is 11.5. The van der Waals surface area contributed by atoms with Gasteiger partial charge in [0.05, 0.1) is 11.1 Å². The lowest BCUT2D eigenvalue weighted by molar-refractivity contribution is 0.0685. The molecule has 0 spiro atoms. The number of carboxylic acids is 2. The third-order valence-electron chi connectivity index (χ3n) is 6.31. The molecule has 2 N–H and O–H groups in total. The molecule has 0 saturated carbocycles. The zero-order valence-electron chi connectivity index (χ0n) is 20.3. The molecule has 0 bridgehead atoms. The van der Waals surface area contributed by atoms with Crippen LogP contribution in [-0.2, 0) is 5.60 Å². The third-order valence-corrected chi connectivity index (χ3v) is 6.31. The van der Waals surface area contributed by atoms with Gasteiger partial charge in [-0.25, -0.2) is 9.59 Å². The summed E-state index contributed by atoms with van der Waals surface area (Å²) in [5.74, 6) is -0.494. The Morgan fingerprint density at radius 2 is 1.32 bits per heavy atom. The van der Waals surface area contributed by atoms with E-state index < -0.39 is 17.5 Å². The van der Waals surface area contributed by atoms with E-state index in [1.165, 1.54) is 24.3 Å². The first-order valence-electron chi connectivity index (χ1n) is 12.0. The van der Waals surface area contributed by atoms with Gasteiger partial charge in [0.1, 0.15) is 17.2 Å². The van der Waals surface area contributed by atoms with E-state index in [0.29, 0.717) is 23.7 Å². The van der Waals surface area contributed by atoms with E-state index in [-0.39, 0.29) is 11.1 Å². The lowest BCUT2D eigenvalue weighted by Crippen LogP contribution is -2.32. The molecular weight excluding hydrogens is 480 g/mol. The first kappa shape index (κ1) is 24.6. The number of hydrogen-bond donors (Lipinski definition) is 2. The number of ether oxygens (including phenoxy) is 2. The number of carbonyl (C=O) groups is 2. The SMILES string of the molecule is O=C(O)c1cccc(Oc2ccc(C3=CCC(Oc4cccc(C(=O)O)c4)(c4ccccc4)C=C3)cc2)c1. The Morgan fingerprint density at radius 1 is 0.684 bits per heavy atom. The molecule has 0 aromatic heterocycles. The van der Waals surface area contributed by atoms with Gasteiger partial charge in [0.25, 0.3) is 0 Å². The van der Waals surface area contributed by atoms with E-state index in [0.717, 1.165) is 16.7 Å². The topological polar surface area (TPSA) is 93.1 Å². The van der Waals surface area contributed by atoms with Crippen LogP contribution in [0.4, 0.5) is 0 Å². The molecule has 5 rings (SSSR count). The molecule has 1 atom stereocenters. The normalized spacial score (nSPS) is 16.4. The van der Waals surface area contributed by atoms with Crippen molar-refractivity contribution >= 4 is 17.5 Å². The average Bonchev–Trinajstić information content (AvgIpc) is 2.95. The monoisotopic (exact) mass is 504 g/mol. The molecule has 6 heteroatoms. The minimum atomic E-state index is -1.01. The maximum Gasteiger partial charge on any atom is 0.335 e. The minimum Gasteiger partial charge on any atom is -0.478 e. The molecule has 4 aromatic rings. The Labute approximate surface area is 219 Å². The Morgan fingerprint density at radius 3 is 1.92 bits per heavy atom. The van der Waals surface area contributed by atoms with Gasteiger partial charge in [-0.3, -0.25) is 0 Å². The van der Waals surface area contributed by atoms with Gasteiger partial charge in [0.2, 0.25) is 0 Å². The lowest BCUT2D eigenvalue weighted by Gasteiger charge is -2.34. The summed E-state index contributed by atoms with van der Waals surface area (Å²) in [6.45, 7) is 0. The number of carboxylic acid groups (broad SMARTS) is 2. The van der Waals surface area contributed by atoms with Gasteiger partial charge in [0, 0.05) is 6.42 Å². The number of benzene rings is 4. The summed E-state index contributed by atoms with van der Waals surface area (Å²) in [6.07, 6.45) is 6.65. The summed E-state index contributed by atoms with van der Waals surface area (Å²) in [4.78, 5) is 22.7. The van der Waals surface area contributed by atoms with Gasteiger partial charge in [-0.2, -0.15) is 0 Å². The van der Waals surface area contributed by atoms with Crippen molar-refractivity contribution in [2.45, 2.75) is 12.0 Å². The van der Waals surface area contributed by atoms with E-state index in [2.05, 4.69) is 6.08 Å². The highest BCUT2D eigenvalue weighted by atomic mass is 16.5. The quantitative estimate of drug-likeness (QED) is 0.264. The number of rotatable bonds is 8. The number of aromatic carboxylic acids is 2. The van der Waals surface area contributed by atoms with E-state index in [9.17, 15) is 19.8 Å². The van der Waals surface area contributed by atoms with E-state index in [1.807, 2.05) is 66.7 Å². The molecule has 6 nitrogen and oxygen atoms in total. The molecule has 1 aliphatic carbocycles. The van der Waals surface area contributed by atoms with E-state index in [1.54, 1.807) is 24.3 Å². The van der Waals surface area contributed by atoms with Gasteiger partial charge < -0.3 is 19.7 Å². The molecule has 1 unspecified atom stereocenters. The summed E-state index contributed by atoms with van der Waals surface area (Å²) in [7, 11) is 0. The lowest BCUT2D eigenvalue weighted by atomic mass is 9.84. The van der Waals surface area contributed by atoms with Crippen molar-refractivity contribution in [2.75, 3.05) is 0 Å². The van der Waals surface area contributed by atoms with Crippen LogP contribution in [0.5, 0.6) is 17.2 Å². The number of hydrogen-bond acceptors (Lipinski definition) is 4. The van der Waals surface area contributed by atoms with Crippen LogP contribution < -0.4 is 9.47 Å². The molecule has 188 valence electrons. The fourth-order valence-corrected chi connectivity index (χ4v) is 4.35. The van der Waals surface area contributed by atoms with Crippen molar-refractivity contribution in [1.82, 2.24) is 0 Å². The summed E-state index contributed by atoms with van der Waals surface area (Å²) < 4.78 is 12.3. The zero-order valence-corrected chi connectivity index (χ0v) is 20.3. The van der Waals surface area contributed by atoms with Gasteiger partial charge in [-0.1, -0.05) is 66.7 Å². The second-order valence-electron chi connectivity index (χ2n) is 8.85. The molecule has 38 heavy (non-hydrogen) atoms. The fraction of sp³-hybridized carbons (Fsp3) is 0.0625. The predicted octanol–water partition coefficient (Wildman–Crippen LogP) is 7.19. The Balaban J connectivity index is 1.37. The molecule has 0 aliphatic heterocycles. The summed E-state index contributed by atoms with van der Waals surface area (Å²) in [5.41, 5.74) is 2.50. The van der Waals surface area contributed by atoms with Gasteiger partial charge in [-0.15, -0.1) is 0 Å². The van der Waals surface area contributed by atoms with Gasteiger partial charge in [0.15, 0.2) is 5.60 Å². The van der Waals surface area contributed by atoms with Crippen LogP contribution in [0.15, 0.2) is 121 Å². The standard InChI is InChI=1S/C32H24O6/c33-30(34)24-6-4-10-28(20-24)37-27-14-12-22(13-15-27)23-16-18-32(19-17-23,26-8-2-1-3-9-26)38-29-11-5-7-25(21-29)31(35)36/h1-18,20-21H,19H2,(H,33,34)(H,35,36). The van der Waals surface area contributed by atoms with Gasteiger partial charge in [-0.05, 0) is 71.3 Å². The van der Waals surface area contributed by atoms with E-state index in [4.69, 9.17) is 9.47 Å². The second-order valence-corrected chi connectivity index (χ2v) is 8.85. The Kier molecular flexibility index (Phi) is 6.78. The van der Waals surface area contributed by atoms with Crippen molar-refractivity contribution < 1.29 is 29.3 Å². The van der Waals surface area contributed by atoms with Crippen molar-refractivity contribution in [2.24, 2.45) is 0 Å². The largest absolute Gasteiger partial charge is 0.478 e. The highest BCUT2D eigenvalue weighted by Crippen LogP contribution is 2.39. The van der Waals surface area contributed by atoms with Crippen LogP contribution in [0.3, 0.4) is 0 Å². The summed E-state index contributed by atoms with van der Waals surface area (Å²) in [5, 5.41) is 18.6. The Bertz CT molecular complexity index is 1540. The smallest absolute Gasteiger partial charge is 0.335 e. The van der Waals surface area contributed by atoms with Crippen LogP contribution in [0, 0.1) is 0 Å². The zero-order chi connectivity index (χ0) is 26.5. The fourth-order valence-electron chi connectivity index (χ4n) is 4.35. The van der Waals surface area contributed by atoms with Crippen LogP contribution in [-0.4, -0.2) is 22.2 Å². The predicted molar refractivity (Wildman–Crippen MR) is 144 cm³/mol. The van der Waals surface area contributed by atoms with Crippen molar-refractivity contribution in [1.29, 1.82) is 0 Å². The first-order chi connectivity index (χ1) is 18.4. The van der Waals surface area contributed by atoms with Gasteiger partial charge >= 0.3 is 11.9 Å². The highest BCUT2D eigenvalue weighted by molar-refractivity contribution is 5.88. The second kappa shape index (κ2) is 10.5. The van der Waals surface area contributed by atoms with Crippen LogP contribution in [0.1, 0.15) is 38.3 Å². The van der Waals surface area contributed by atoms with Crippen LogP contribution in [0.2, 0.25) is 0 Å². The van der Waals surface area contributed by atoms with Crippen molar-refractivity contribution in [3.8, 4) is 17.2 Å². The average molecular weight is 505 g/mol. The van der Waals surface area contributed by atoms with Crippen LogP contribution >= 0.6 is 0 Å². The molecule has 0 saturated heterocycles. The molecule has 0 heterocycles. The maximum absolute atomic E-state index is 11.5.